The van der Waals surface area contributed by atoms with Crippen LogP contribution in [0.25, 0.3) is 10.9 Å². The third-order valence-corrected chi connectivity index (χ3v) is 3.81. The normalized spacial score (nSPS) is 10.7. The van der Waals surface area contributed by atoms with Crippen LogP contribution in [0, 0.1) is 0 Å². The number of aromatic amines is 1. The number of carbonyl (C=O) groups excluding carboxylic acids is 1. The number of nitrogens with one attached hydrogen (secondary N) is 1. The van der Waals surface area contributed by atoms with E-state index in [9.17, 15) is 4.79 Å². The first-order chi connectivity index (χ1) is 11.3. The second kappa shape index (κ2) is 7.01. The number of esters is 1. The summed E-state index contributed by atoms with van der Waals surface area (Å²) in [5.74, 6) is 0.556. The number of benzene rings is 2. The van der Waals surface area contributed by atoms with Gasteiger partial charge in [-0.15, -0.1) is 0 Å². The number of ether oxygens (including phenoxy) is 2. The van der Waals surface area contributed by atoms with Crippen molar-refractivity contribution in [3.8, 4) is 5.75 Å². The lowest BCUT2D eigenvalue weighted by molar-refractivity contribution is -0.142. The predicted molar refractivity (Wildman–Crippen MR) is 89.7 cm³/mol. The van der Waals surface area contributed by atoms with Crippen molar-refractivity contribution in [2.75, 3.05) is 13.7 Å². The molecular weight excluding hydrogens is 290 g/mol. The third kappa shape index (κ3) is 3.72. The van der Waals surface area contributed by atoms with E-state index in [-0.39, 0.29) is 12.4 Å². The van der Waals surface area contributed by atoms with Gasteiger partial charge in [-0.05, 0) is 29.3 Å². The molecule has 0 bridgehead atoms. The fraction of sp³-hybridized carbons (Fsp3) is 0.211. The minimum atomic E-state index is -0.218. The van der Waals surface area contributed by atoms with Crippen LogP contribution in [0.3, 0.4) is 0 Å². The summed E-state index contributed by atoms with van der Waals surface area (Å²) in [5.41, 5.74) is 3.07. The topological polar surface area (TPSA) is 51.3 Å². The summed E-state index contributed by atoms with van der Waals surface area (Å²) < 4.78 is 10.6. The Morgan fingerprint density at radius 3 is 2.74 bits per heavy atom. The largest absolute Gasteiger partial charge is 0.497 e. The van der Waals surface area contributed by atoms with Gasteiger partial charge >= 0.3 is 5.97 Å². The van der Waals surface area contributed by atoms with E-state index in [0.717, 1.165) is 34.2 Å². The van der Waals surface area contributed by atoms with E-state index in [1.807, 2.05) is 54.7 Å². The highest BCUT2D eigenvalue weighted by molar-refractivity contribution is 5.88. The van der Waals surface area contributed by atoms with Crippen LogP contribution in [-0.2, 0) is 22.4 Å². The van der Waals surface area contributed by atoms with Gasteiger partial charge in [-0.1, -0.05) is 30.3 Å². The van der Waals surface area contributed by atoms with Gasteiger partial charge in [-0.25, -0.2) is 0 Å². The van der Waals surface area contributed by atoms with Crippen LogP contribution < -0.4 is 4.74 Å². The highest BCUT2D eigenvalue weighted by Gasteiger charge is 2.10. The number of hydrogen-bond donors (Lipinski definition) is 1. The molecule has 118 valence electrons. The smallest absolute Gasteiger partial charge is 0.310 e. The van der Waals surface area contributed by atoms with Crippen molar-refractivity contribution < 1.29 is 14.3 Å². The summed E-state index contributed by atoms with van der Waals surface area (Å²) >= 11 is 0. The lowest BCUT2D eigenvalue weighted by Gasteiger charge is -2.05. The molecule has 0 atom stereocenters. The Labute approximate surface area is 135 Å². The molecule has 3 rings (SSSR count). The minimum Gasteiger partial charge on any atom is -0.497 e. The van der Waals surface area contributed by atoms with Crippen molar-refractivity contribution in [2.45, 2.75) is 12.8 Å². The Hall–Kier alpha value is -2.75. The van der Waals surface area contributed by atoms with Crippen LogP contribution in [0.15, 0.2) is 54.7 Å². The molecule has 0 saturated heterocycles. The predicted octanol–water partition coefficient (Wildman–Crippen LogP) is 3.50. The zero-order valence-corrected chi connectivity index (χ0v) is 13.0. The molecule has 1 aromatic heterocycles. The van der Waals surface area contributed by atoms with Crippen molar-refractivity contribution in [3.63, 3.8) is 0 Å². The molecule has 2 aromatic carbocycles. The van der Waals surface area contributed by atoms with Gasteiger partial charge in [0.1, 0.15) is 5.75 Å². The second-order valence-corrected chi connectivity index (χ2v) is 5.36. The number of methoxy groups -OCH3 is 1. The molecule has 23 heavy (non-hydrogen) atoms. The van der Waals surface area contributed by atoms with Crippen LogP contribution in [0.1, 0.15) is 11.1 Å². The summed E-state index contributed by atoms with van der Waals surface area (Å²) in [6.07, 6.45) is 2.83. The van der Waals surface area contributed by atoms with Crippen molar-refractivity contribution >= 4 is 16.9 Å². The van der Waals surface area contributed by atoms with Gasteiger partial charge in [0.05, 0.1) is 20.1 Å². The van der Waals surface area contributed by atoms with E-state index in [0.29, 0.717) is 6.61 Å². The maximum Gasteiger partial charge on any atom is 0.310 e. The monoisotopic (exact) mass is 309 g/mol. The highest BCUT2D eigenvalue weighted by atomic mass is 16.5. The summed E-state index contributed by atoms with van der Waals surface area (Å²) in [7, 11) is 1.63. The molecule has 0 amide bonds. The van der Waals surface area contributed by atoms with Gasteiger partial charge in [0, 0.05) is 23.5 Å². The van der Waals surface area contributed by atoms with Gasteiger partial charge in [0.2, 0.25) is 0 Å². The number of carbonyl (C=O) groups is 1. The van der Waals surface area contributed by atoms with Crippen molar-refractivity contribution in [2.24, 2.45) is 0 Å². The molecule has 0 aliphatic carbocycles. The zero-order chi connectivity index (χ0) is 16.1. The summed E-state index contributed by atoms with van der Waals surface area (Å²) in [5, 5.41) is 0.990. The molecule has 0 unspecified atom stereocenters. The maximum atomic E-state index is 12.0. The lowest BCUT2D eigenvalue weighted by atomic mass is 10.1. The van der Waals surface area contributed by atoms with Crippen LogP contribution in [0.4, 0.5) is 0 Å². The lowest BCUT2D eigenvalue weighted by Crippen LogP contribution is -2.10. The molecule has 0 radical (unpaired) electrons. The Morgan fingerprint density at radius 1 is 1.13 bits per heavy atom. The molecule has 0 spiro atoms. The van der Waals surface area contributed by atoms with E-state index < -0.39 is 0 Å². The first-order valence-electron chi connectivity index (χ1n) is 7.60. The quantitative estimate of drug-likeness (QED) is 0.709. The summed E-state index contributed by atoms with van der Waals surface area (Å²) in [6.45, 7) is 0.397. The number of rotatable bonds is 6. The molecule has 0 aliphatic heterocycles. The van der Waals surface area contributed by atoms with Gasteiger partial charge in [-0.3, -0.25) is 4.79 Å². The maximum absolute atomic E-state index is 12.0. The molecule has 0 fully saturated rings. The van der Waals surface area contributed by atoms with Gasteiger partial charge in [-0.2, -0.15) is 0 Å². The molecule has 4 nitrogen and oxygen atoms in total. The van der Waals surface area contributed by atoms with Crippen molar-refractivity contribution in [1.82, 2.24) is 4.98 Å². The molecule has 4 heteroatoms. The van der Waals surface area contributed by atoms with Crippen molar-refractivity contribution in [3.05, 3.63) is 65.9 Å². The fourth-order valence-corrected chi connectivity index (χ4v) is 2.56. The summed E-state index contributed by atoms with van der Waals surface area (Å²) in [4.78, 5) is 15.2. The Bertz CT molecular complexity index is 793. The number of fused-ring (bicyclic) bond motifs is 1. The van der Waals surface area contributed by atoms with Gasteiger partial charge in [0.15, 0.2) is 0 Å². The molecule has 3 aromatic rings. The number of aromatic nitrogens is 1. The number of H-pyrrole nitrogens is 1. The van der Waals surface area contributed by atoms with Gasteiger partial charge < -0.3 is 14.5 Å². The SMILES string of the molecule is COc1ccc2[nH]cc(CC(=O)OCCc3ccccc3)c2c1. The Balaban J connectivity index is 1.59. The number of hydrogen-bond acceptors (Lipinski definition) is 3. The molecule has 0 aliphatic rings. The van der Waals surface area contributed by atoms with Crippen LogP contribution in [0.2, 0.25) is 0 Å². The molecular formula is C19H19NO3. The molecule has 1 heterocycles. The van der Waals surface area contributed by atoms with Crippen molar-refractivity contribution in [1.29, 1.82) is 0 Å². The van der Waals surface area contributed by atoms with E-state index in [1.165, 1.54) is 0 Å². The average Bonchev–Trinajstić information content (AvgIpc) is 2.98. The summed E-state index contributed by atoms with van der Waals surface area (Å²) in [6, 6.07) is 15.8. The van der Waals surface area contributed by atoms with Crippen LogP contribution >= 0.6 is 0 Å². The third-order valence-electron chi connectivity index (χ3n) is 3.81. The van der Waals surface area contributed by atoms with Gasteiger partial charge in [0.25, 0.3) is 0 Å². The fourth-order valence-electron chi connectivity index (χ4n) is 2.56. The van der Waals surface area contributed by atoms with Crippen LogP contribution in [0.5, 0.6) is 5.75 Å². The highest BCUT2D eigenvalue weighted by Crippen LogP contribution is 2.24. The standard InChI is InChI=1S/C19H19NO3/c1-22-16-7-8-18-17(12-16)15(13-20-18)11-19(21)23-10-9-14-5-3-2-4-6-14/h2-8,12-13,20H,9-11H2,1H3. The Morgan fingerprint density at radius 2 is 1.96 bits per heavy atom. The first-order valence-corrected chi connectivity index (χ1v) is 7.60. The minimum absolute atomic E-state index is 0.218. The average molecular weight is 309 g/mol. The van der Waals surface area contributed by atoms with E-state index in [1.54, 1.807) is 7.11 Å². The first kappa shape index (κ1) is 15.2. The van der Waals surface area contributed by atoms with E-state index in [2.05, 4.69) is 4.98 Å². The van der Waals surface area contributed by atoms with E-state index in [4.69, 9.17) is 9.47 Å². The zero-order valence-electron chi connectivity index (χ0n) is 13.0. The van der Waals surface area contributed by atoms with Crippen LogP contribution in [-0.4, -0.2) is 24.7 Å². The molecule has 0 saturated carbocycles. The van der Waals surface area contributed by atoms with E-state index >= 15 is 0 Å². The Kier molecular flexibility index (Phi) is 4.62. The molecule has 1 N–H and O–H groups in total. The second-order valence-electron chi connectivity index (χ2n) is 5.36.